The molecule has 4 saturated carbocycles. The van der Waals surface area contributed by atoms with E-state index in [2.05, 4.69) is 5.32 Å². The predicted molar refractivity (Wildman–Crippen MR) is 76.4 cm³/mol. The third-order valence-electron chi connectivity index (χ3n) is 6.00. The van der Waals surface area contributed by atoms with Crippen molar-refractivity contribution in [1.82, 2.24) is 5.32 Å². The number of carbonyl (C=O) groups excluding carboxylic acids is 1. The molecule has 0 aliphatic heterocycles. The Labute approximate surface area is 116 Å². The van der Waals surface area contributed by atoms with Gasteiger partial charge in [-0.05, 0) is 68.6 Å². The minimum absolute atomic E-state index is 0.0589. The van der Waals surface area contributed by atoms with Crippen LogP contribution in [0.3, 0.4) is 0 Å². The van der Waals surface area contributed by atoms with E-state index in [-0.39, 0.29) is 17.9 Å². The standard InChI is InChI=1S/C16H28N2O/c1-10(11(2)17)15(19)18-9-16-6-12-3-13(7-16)5-14(4-12)8-16/h10-14H,3-9,17H2,1-2H3,(H,18,19). The van der Waals surface area contributed by atoms with E-state index in [4.69, 9.17) is 5.73 Å². The molecule has 0 aromatic heterocycles. The maximum Gasteiger partial charge on any atom is 0.224 e. The van der Waals surface area contributed by atoms with E-state index in [0.29, 0.717) is 5.41 Å². The summed E-state index contributed by atoms with van der Waals surface area (Å²) in [5, 5.41) is 3.20. The number of hydrogen-bond acceptors (Lipinski definition) is 2. The Bertz CT molecular complexity index is 328. The first-order valence-corrected chi connectivity index (χ1v) is 8.01. The zero-order chi connectivity index (χ0) is 13.6. The quantitative estimate of drug-likeness (QED) is 0.818. The monoisotopic (exact) mass is 264 g/mol. The first-order chi connectivity index (χ1) is 8.97. The van der Waals surface area contributed by atoms with Gasteiger partial charge < -0.3 is 11.1 Å². The van der Waals surface area contributed by atoms with Crippen LogP contribution in [-0.2, 0) is 4.79 Å². The number of rotatable bonds is 4. The van der Waals surface area contributed by atoms with E-state index in [1.165, 1.54) is 38.5 Å². The van der Waals surface area contributed by atoms with Gasteiger partial charge in [-0.15, -0.1) is 0 Å². The van der Waals surface area contributed by atoms with Crippen LogP contribution in [0.2, 0.25) is 0 Å². The summed E-state index contributed by atoms with van der Waals surface area (Å²) < 4.78 is 0. The summed E-state index contributed by atoms with van der Waals surface area (Å²) in [5.41, 5.74) is 6.25. The third kappa shape index (κ3) is 2.54. The molecular formula is C16H28N2O. The fraction of sp³-hybridized carbons (Fsp3) is 0.938. The van der Waals surface area contributed by atoms with Crippen molar-refractivity contribution in [2.45, 2.75) is 58.4 Å². The zero-order valence-corrected chi connectivity index (χ0v) is 12.3. The van der Waals surface area contributed by atoms with Crippen molar-refractivity contribution in [1.29, 1.82) is 0 Å². The van der Waals surface area contributed by atoms with Crippen molar-refractivity contribution in [2.24, 2.45) is 34.8 Å². The maximum absolute atomic E-state index is 12.1. The zero-order valence-electron chi connectivity index (χ0n) is 12.3. The topological polar surface area (TPSA) is 55.1 Å². The van der Waals surface area contributed by atoms with Gasteiger partial charge in [-0.3, -0.25) is 4.79 Å². The highest BCUT2D eigenvalue weighted by Gasteiger charge is 2.50. The van der Waals surface area contributed by atoms with Gasteiger partial charge in [0, 0.05) is 18.5 Å². The Morgan fingerprint density at radius 2 is 1.63 bits per heavy atom. The summed E-state index contributed by atoms with van der Waals surface area (Å²) in [6, 6.07) is -0.0589. The van der Waals surface area contributed by atoms with Gasteiger partial charge in [0.25, 0.3) is 0 Å². The van der Waals surface area contributed by atoms with E-state index in [1.54, 1.807) is 0 Å². The maximum atomic E-state index is 12.1. The van der Waals surface area contributed by atoms with Gasteiger partial charge in [-0.2, -0.15) is 0 Å². The van der Waals surface area contributed by atoms with Gasteiger partial charge >= 0.3 is 0 Å². The van der Waals surface area contributed by atoms with E-state index < -0.39 is 0 Å². The predicted octanol–water partition coefficient (Wildman–Crippen LogP) is 2.30. The smallest absolute Gasteiger partial charge is 0.224 e. The van der Waals surface area contributed by atoms with E-state index >= 15 is 0 Å². The first-order valence-electron chi connectivity index (χ1n) is 8.01. The van der Waals surface area contributed by atoms with Gasteiger partial charge in [0.15, 0.2) is 0 Å². The third-order valence-corrected chi connectivity index (χ3v) is 6.00. The summed E-state index contributed by atoms with van der Waals surface area (Å²) in [7, 11) is 0. The highest BCUT2D eigenvalue weighted by atomic mass is 16.1. The van der Waals surface area contributed by atoms with Crippen molar-refractivity contribution < 1.29 is 4.79 Å². The molecule has 0 radical (unpaired) electrons. The van der Waals surface area contributed by atoms with E-state index in [9.17, 15) is 4.79 Å². The molecule has 0 spiro atoms. The van der Waals surface area contributed by atoms with Crippen molar-refractivity contribution in [3.05, 3.63) is 0 Å². The summed E-state index contributed by atoms with van der Waals surface area (Å²) in [4.78, 5) is 12.1. The van der Waals surface area contributed by atoms with Crippen LogP contribution in [0.5, 0.6) is 0 Å². The van der Waals surface area contributed by atoms with Crippen LogP contribution < -0.4 is 11.1 Å². The number of carbonyl (C=O) groups is 1. The molecule has 19 heavy (non-hydrogen) atoms. The van der Waals surface area contributed by atoms with Gasteiger partial charge in [0.05, 0.1) is 0 Å². The largest absolute Gasteiger partial charge is 0.355 e. The second kappa shape index (κ2) is 4.76. The average Bonchev–Trinajstić information content (AvgIpc) is 2.33. The van der Waals surface area contributed by atoms with Crippen LogP contribution >= 0.6 is 0 Å². The highest BCUT2D eigenvalue weighted by Crippen LogP contribution is 2.59. The lowest BCUT2D eigenvalue weighted by molar-refractivity contribution is -0.127. The fourth-order valence-corrected chi connectivity index (χ4v) is 5.18. The Morgan fingerprint density at radius 3 is 2.05 bits per heavy atom. The summed E-state index contributed by atoms with van der Waals surface area (Å²) in [6.45, 7) is 4.74. The molecule has 3 nitrogen and oxygen atoms in total. The minimum atomic E-state index is -0.0751. The Hall–Kier alpha value is -0.570. The molecular weight excluding hydrogens is 236 g/mol. The molecule has 3 N–H and O–H groups in total. The average molecular weight is 264 g/mol. The molecule has 4 aliphatic carbocycles. The SMILES string of the molecule is CC(N)C(C)C(=O)NCC12CC3CC(CC(C3)C1)C2. The van der Waals surface area contributed by atoms with Gasteiger partial charge in [0.2, 0.25) is 5.91 Å². The van der Waals surface area contributed by atoms with Crippen molar-refractivity contribution >= 4 is 5.91 Å². The molecule has 4 fully saturated rings. The number of nitrogens with one attached hydrogen (secondary N) is 1. The molecule has 108 valence electrons. The molecule has 4 rings (SSSR count). The molecule has 0 aromatic rings. The van der Waals surface area contributed by atoms with Crippen LogP contribution in [0.4, 0.5) is 0 Å². The summed E-state index contributed by atoms with van der Waals surface area (Å²) in [5.74, 6) is 2.93. The molecule has 2 atom stereocenters. The van der Waals surface area contributed by atoms with E-state index in [1.807, 2.05) is 13.8 Å². The van der Waals surface area contributed by atoms with Gasteiger partial charge in [-0.25, -0.2) is 0 Å². The Kier molecular flexibility index (Phi) is 3.36. The molecule has 4 bridgehead atoms. The first kappa shape index (κ1) is 13.4. The molecule has 0 saturated heterocycles. The lowest BCUT2D eigenvalue weighted by Crippen LogP contribution is -2.52. The van der Waals surface area contributed by atoms with Crippen LogP contribution in [0.1, 0.15) is 52.4 Å². The van der Waals surface area contributed by atoms with Crippen molar-refractivity contribution in [3.8, 4) is 0 Å². The lowest BCUT2D eigenvalue weighted by atomic mass is 9.49. The molecule has 4 aliphatic rings. The van der Waals surface area contributed by atoms with Crippen LogP contribution in [0.25, 0.3) is 0 Å². The fourth-order valence-electron chi connectivity index (χ4n) is 5.18. The number of amides is 1. The summed E-state index contributed by atoms with van der Waals surface area (Å²) >= 11 is 0. The molecule has 1 amide bonds. The second-order valence-electron chi connectivity index (χ2n) is 7.78. The van der Waals surface area contributed by atoms with Crippen LogP contribution in [0.15, 0.2) is 0 Å². The Morgan fingerprint density at radius 1 is 1.16 bits per heavy atom. The number of nitrogens with two attached hydrogens (primary N) is 1. The molecule has 0 heterocycles. The number of hydrogen-bond donors (Lipinski definition) is 2. The van der Waals surface area contributed by atoms with Crippen LogP contribution in [-0.4, -0.2) is 18.5 Å². The van der Waals surface area contributed by atoms with Crippen LogP contribution in [0, 0.1) is 29.1 Å². The minimum Gasteiger partial charge on any atom is -0.355 e. The molecule has 0 aromatic carbocycles. The van der Waals surface area contributed by atoms with Crippen molar-refractivity contribution in [2.75, 3.05) is 6.54 Å². The lowest BCUT2D eigenvalue weighted by Gasteiger charge is -2.57. The Balaban J connectivity index is 1.59. The summed E-state index contributed by atoms with van der Waals surface area (Å²) in [6.07, 6.45) is 8.44. The van der Waals surface area contributed by atoms with Crippen molar-refractivity contribution in [3.63, 3.8) is 0 Å². The van der Waals surface area contributed by atoms with E-state index in [0.717, 1.165) is 24.3 Å². The second-order valence-corrected chi connectivity index (χ2v) is 7.78. The van der Waals surface area contributed by atoms with Gasteiger partial charge in [0.1, 0.15) is 0 Å². The van der Waals surface area contributed by atoms with Gasteiger partial charge in [-0.1, -0.05) is 6.92 Å². The molecule has 2 unspecified atom stereocenters. The normalized spacial score (nSPS) is 43.0. The highest BCUT2D eigenvalue weighted by molar-refractivity contribution is 5.78. The molecule has 3 heteroatoms.